The second-order valence-electron chi connectivity index (χ2n) is 4.86. The minimum Gasteiger partial charge on any atom is -0.338 e. The average Bonchev–Trinajstić information content (AvgIpc) is 3.10. The number of aromatic nitrogens is 2. The van der Waals surface area contributed by atoms with E-state index in [0.717, 1.165) is 12.2 Å². The number of aryl methyl sites for hydroxylation is 1. The summed E-state index contributed by atoms with van der Waals surface area (Å²) in [5.41, 5.74) is 2.51. The number of nitrogens with one attached hydrogen (secondary N) is 1. The first-order valence-corrected chi connectivity index (χ1v) is 6.40. The van der Waals surface area contributed by atoms with E-state index < -0.39 is 0 Å². The van der Waals surface area contributed by atoms with Gasteiger partial charge in [0.2, 0.25) is 5.89 Å². The fourth-order valence-electron chi connectivity index (χ4n) is 1.93. The summed E-state index contributed by atoms with van der Waals surface area (Å²) in [4.78, 5) is 4.41. The summed E-state index contributed by atoms with van der Waals surface area (Å²) in [6.07, 6.45) is 3.27. The zero-order chi connectivity index (χ0) is 12.4. The number of nitrogens with zero attached hydrogens (tertiary/aromatic N) is 2. The molecular formula is C14H17N3O. The molecule has 4 nitrogen and oxygen atoms in total. The smallest absolute Gasteiger partial charge is 0.240 e. The molecule has 1 saturated carbocycles. The largest absolute Gasteiger partial charge is 0.338 e. The zero-order valence-electron chi connectivity index (χ0n) is 10.5. The van der Waals surface area contributed by atoms with Gasteiger partial charge in [0.15, 0.2) is 5.82 Å². The second kappa shape index (κ2) is 4.90. The first-order valence-electron chi connectivity index (χ1n) is 6.40. The van der Waals surface area contributed by atoms with Gasteiger partial charge in [-0.15, -0.1) is 0 Å². The van der Waals surface area contributed by atoms with Gasteiger partial charge in [0, 0.05) is 12.5 Å². The highest BCUT2D eigenvalue weighted by molar-refractivity contribution is 5.27. The van der Waals surface area contributed by atoms with E-state index >= 15 is 0 Å². The fraction of sp³-hybridized carbons (Fsp3) is 0.429. The first kappa shape index (κ1) is 11.4. The molecule has 94 valence electrons. The third-order valence-electron chi connectivity index (χ3n) is 3.24. The van der Waals surface area contributed by atoms with Gasteiger partial charge in [-0.1, -0.05) is 29.4 Å². The van der Waals surface area contributed by atoms with Gasteiger partial charge < -0.3 is 9.84 Å². The molecule has 0 spiro atoms. The van der Waals surface area contributed by atoms with Crippen LogP contribution in [0.2, 0.25) is 0 Å². The molecule has 0 amide bonds. The van der Waals surface area contributed by atoms with Crippen LogP contribution in [0.1, 0.15) is 35.7 Å². The highest BCUT2D eigenvalue weighted by Crippen LogP contribution is 2.19. The van der Waals surface area contributed by atoms with Gasteiger partial charge in [0.05, 0.1) is 6.54 Å². The van der Waals surface area contributed by atoms with E-state index in [1.54, 1.807) is 0 Å². The van der Waals surface area contributed by atoms with Crippen LogP contribution in [-0.4, -0.2) is 16.2 Å². The Morgan fingerprint density at radius 2 is 2.17 bits per heavy atom. The third-order valence-corrected chi connectivity index (χ3v) is 3.24. The highest BCUT2D eigenvalue weighted by Gasteiger charge is 2.21. The van der Waals surface area contributed by atoms with Gasteiger partial charge in [-0.2, -0.15) is 4.98 Å². The van der Waals surface area contributed by atoms with E-state index in [1.807, 2.05) is 12.1 Å². The van der Waals surface area contributed by atoms with Crippen LogP contribution < -0.4 is 5.32 Å². The minimum absolute atomic E-state index is 0.664. The summed E-state index contributed by atoms with van der Waals surface area (Å²) >= 11 is 0. The van der Waals surface area contributed by atoms with Gasteiger partial charge in [-0.3, -0.25) is 0 Å². The Morgan fingerprint density at radius 1 is 1.33 bits per heavy atom. The lowest BCUT2D eigenvalue weighted by Gasteiger charge is -2.00. The summed E-state index contributed by atoms with van der Waals surface area (Å²) in [5, 5.41) is 7.39. The van der Waals surface area contributed by atoms with E-state index in [0.29, 0.717) is 18.5 Å². The van der Waals surface area contributed by atoms with Crippen LogP contribution in [0.3, 0.4) is 0 Å². The Morgan fingerprint density at radius 3 is 2.94 bits per heavy atom. The number of benzene rings is 1. The zero-order valence-corrected chi connectivity index (χ0v) is 10.5. The molecule has 1 aliphatic rings. The Hall–Kier alpha value is -1.68. The van der Waals surface area contributed by atoms with Gasteiger partial charge in [-0.25, -0.2) is 0 Å². The maximum Gasteiger partial charge on any atom is 0.240 e. The van der Waals surface area contributed by atoms with Crippen molar-refractivity contribution in [3.63, 3.8) is 0 Å². The number of hydrogen-bond donors (Lipinski definition) is 1. The van der Waals surface area contributed by atoms with Gasteiger partial charge in [0.1, 0.15) is 0 Å². The fourth-order valence-corrected chi connectivity index (χ4v) is 1.93. The van der Waals surface area contributed by atoms with Crippen molar-refractivity contribution in [3.8, 4) is 0 Å². The van der Waals surface area contributed by atoms with Gasteiger partial charge in [-0.05, 0) is 30.9 Å². The van der Waals surface area contributed by atoms with Crippen molar-refractivity contribution in [2.45, 2.75) is 38.8 Å². The second-order valence-corrected chi connectivity index (χ2v) is 4.86. The van der Waals surface area contributed by atoms with Crippen molar-refractivity contribution in [2.75, 3.05) is 0 Å². The van der Waals surface area contributed by atoms with E-state index in [9.17, 15) is 0 Å². The van der Waals surface area contributed by atoms with Crippen molar-refractivity contribution in [2.24, 2.45) is 0 Å². The molecule has 4 heteroatoms. The Kier molecular flexibility index (Phi) is 3.11. The molecule has 18 heavy (non-hydrogen) atoms. The van der Waals surface area contributed by atoms with E-state index in [1.165, 1.54) is 24.0 Å². The van der Waals surface area contributed by atoms with Crippen LogP contribution in [0.15, 0.2) is 28.8 Å². The molecule has 2 aromatic rings. The molecule has 0 unspecified atom stereocenters. The summed E-state index contributed by atoms with van der Waals surface area (Å²) in [6, 6.07) is 8.95. The molecule has 1 aliphatic carbocycles. The van der Waals surface area contributed by atoms with Crippen LogP contribution in [0.4, 0.5) is 0 Å². The molecule has 1 aromatic heterocycles. The minimum atomic E-state index is 0.664. The lowest BCUT2D eigenvalue weighted by molar-refractivity contribution is 0.363. The molecule has 3 rings (SSSR count). The predicted molar refractivity (Wildman–Crippen MR) is 68.1 cm³/mol. The molecular weight excluding hydrogens is 226 g/mol. The molecule has 1 N–H and O–H groups in total. The van der Waals surface area contributed by atoms with Crippen molar-refractivity contribution in [3.05, 3.63) is 47.1 Å². The molecule has 0 aliphatic heterocycles. The molecule has 1 heterocycles. The Bertz CT molecular complexity index is 531. The topological polar surface area (TPSA) is 51.0 Å². The van der Waals surface area contributed by atoms with E-state index in [2.05, 4.69) is 34.5 Å². The predicted octanol–water partition coefficient (Wildman–Crippen LogP) is 2.22. The Labute approximate surface area is 106 Å². The quantitative estimate of drug-likeness (QED) is 0.874. The van der Waals surface area contributed by atoms with E-state index in [-0.39, 0.29) is 0 Å². The SMILES string of the molecule is Cc1ccccc1Cc1noc(CNC2CC2)n1. The summed E-state index contributed by atoms with van der Waals surface area (Å²) in [5.74, 6) is 1.45. The van der Waals surface area contributed by atoms with Crippen LogP contribution in [0.25, 0.3) is 0 Å². The van der Waals surface area contributed by atoms with Crippen LogP contribution in [-0.2, 0) is 13.0 Å². The van der Waals surface area contributed by atoms with Gasteiger partial charge >= 0.3 is 0 Å². The molecule has 1 aromatic carbocycles. The summed E-state index contributed by atoms with van der Waals surface area (Å²) in [7, 11) is 0. The first-order chi connectivity index (χ1) is 8.81. The van der Waals surface area contributed by atoms with Crippen molar-refractivity contribution in [1.29, 1.82) is 0 Å². The maximum absolute atomic E-state index is 5.23. The highest BCUT2D eigenvalue weighted by atomic mass is 16.5. The van der Waals surface area contributed by atoms with Crippen LogP contribution >= 0.6 is 0 Å². The standard InChI is InChI=1S/C14H17N3O/c1-10-4-2-3-5-11(10)8-13-16-14(18-17-13)9-15-12-6-7-12/h2-5,12,15H,6-9H2,1H3. The number of rotatable bonds is 5. The summed E-state index contributed by atoms with van der Waals surface area (Å²) < 4.78 is 5.23. The van der Waals surface area contributed by atoms with Gasteiger partial charge in [0.25, 0.3) is 0 Å². The molecule has 0 atom stereocenters. The molecule has 0 bridgehead atoms. The maximum atomic E-state index is 5.23. The molecule has 0 radical (unpaired) electrons. The van der Waals surface area contributed by atoms with Crippen LogP contribution in [0, 0.1) is 6.92 Å². The normalized spacial score (nSPS) is 14.9. The van der Waals surface area contributed by atoms with Crippen LogP contribution in [0.5, 0.6) is 0 Å². The molecule has 1 fully saturated rings. The lowest BCUT2D eigenvalue weighted by atomic mass is 10.1. The monoisotopic (exact) mass is 243 g/mol. The Balaban J connectivity index is 1.63. The number of hydrogen-bond acceptors (Lipinski definition) is 4. The third kappa shape index (κ3) is 2.76. The molecule has 0 saturated heterocycles. The van der Waals surface area contributed by atoms with Crippen molar-refractivity contribution in [1.82, 2.24) is 15.5 Å². The lowest BCUT2D eigenvalue weighted by Crippen LogP contribution is -2.15. The van der Waals surface area contributed by atoms with Crippen molar-refractivity contribution < 1.29 is 4.52 Å². The van der Waals surface area contributed by atoms with Crippen molar-refractivity contribution >= 4 is 0 Å². The average molecular weight is 243 g/mol. The summed E-state index contributed by atoms with van der Waals surface area (Å²) in [6.45, 7) is 2.79. The van der Waals surface area contributed by atoms with E-state index in [4.69, 9.17) is 4.52 Å².